The number of fused-ring (bicyclic) bond motifs is 4. The number of phenols is 8. The lowest BCUT2D eigenvalue weighted by atomic mass is 9.99. The van der Waals surface area contributed by atoms with Gasteiger partial charge in [-0.05, 0) is 194 Å². The minimum Gasteiger partial charge on any atom is -0.508 e. The molecule has 4 amide bonds. The number of oxime groups is 4. The van der Waals surface area contributed by atoms with Gasteiger partial charge in [-0.3, -0.25) is 19.2 Å². The van der Waals surface area contributed by atoms with Gasteiger partial charge >= 0.3 is 23.9 Å². The first kappa shape index (κ1) is 117. The molecule has 8 aliphatic rings. The van der Waals surface area contributed by atoms with Crippen LogP contribution >= 0.6 is 23.2 Å². The Balaban J connectivity index is 0.000000236. The highest BCUT2D eigenvalue weighted by Crippen LogP contribution is 2.40. The zero-order valence-corrected chi connectivity index (χ0v) is 83.3. The molecule has 0 radical (unpaired) electrons. The molecule has 4 fully saturated rings. The minimum absolute atomic E-state index is 0. The van der Waals surface area contributed by atoms with E-state index in [0.29, 0.717) is 138 Å². The number of likely N-dealkylation sites (tertiary alicyclic amines) is 4. The molecule has 145 heavy (non-hydrogen) atoms. The summed E-state index contributed by atoms with van der Waals surface area (Å²) >= 11 is 12.7. The van der Waals surface area contributed by atoms with Crippen LogP contribution < -0.4 is 0 Å². The number of esters is 4. The lowest BCUT2D eigenvalue weighted by Gasteiger charge is -2.26. The van der Waals surface area contributed by atoms with E-state index in [2.05, 4.69) is 53.4 Å². The monoisotopic (exact) mass is 2050 g/mol. The van der Waals surface area contributed by atoms with Crippen LogP contribution in [0.25, 0.3) is 0 Å². The first-order valence-corrected chi connectivity index (χ1v) is 49.5. The van der Waals surface area contributed by atoms with E-state index in [-0.39, 0.29) is 200 Å². The molecule has 37 heteroatoms. The van der Waals surface area contributed by atoms with Gasteiger partial charge in [0.1, 0.15) is 74.4 Å². The number of amides is 4. The summed E-state index contributed by atoms with van der Waals surface area (Å²) in [5, 5.41) is 98.4. The number of halogens is 2. The number of rotatable bonds is 21. The van der Waals surface area contributed by atoms with Crippen molar-refractivity contribution in [1.29, 1.82) is 0 Å². The van der Waals surface area contributed by atoms with E-state index in [1.807, 2.05) is 66.8 Å². The number of phenolic OH excluding ortho intramolecular Hbond substituents is 8. The number of carbonyl (C=O) groups excluding carboxylic acids is 8. The molecular weight excluding hydrogens is 1910 g/mol. The van der Waals surface area contributed by atoms with Gasteiger partial charge in [-0.1, -0.05) is 149 Å². The third kappa shape index (κ3) is 39.9. The van der Waals surface area contributed by atoms with Crippen LogP contribution in [0.15, 0.2) is 192 Å². The Morgan fingerprint density at radius 1 is 0.372 bits per heavy atom. The van der Waals surface area contributed by atoms with E-state index in [1.165, 1.54) is 12.1 Å². The summed E-state index contributed by atoms with van der Waals surface area (Å²) in [6.07, 6.45) is 49.9. The molecule has 4 aromatic carbocycles. The number of hydrogen-bond donors (Lipinski definition) is 8. The number of hydrogen-bond acceptors (Lipinski definition) is 31. The highest BCUT2D eigenvalue weighted by Gasteiger charge is 2.31. The molecular formula is C108H138Cl2N8O27. The van der Waals surface area contributed by atoms with Crippen LogP contribution in [0, 0.1) is 5.92 Å². The van der Waals surface area contributed by atoms with Crippen LogP contribution in [0.2, 0.25) is 10.0 Å². The summed E-state index contributed by atoms with van der Waals surface area (Å²) in [7, 11) is 0. The van der Waals surface area contributed by atoms with E-state index in [1.54, 1.807) is 69.1 Å². The van der Waals surface area contributed by atoms with Gasteiger partial charge < -0.3 is 113 Å². The maximum Gasteiger partial charge on any atom is 0.342 e. The quantitative estimate of drug-likeness (QED) is 0.0166. The van der Waals surface area contributed by atoms with Crippen molar-refractivity contribution in [1.82, 2.24) is 19.6 Å². The minimum atomic E-state index is -0.788. The highest BCUT2D eigenvalue weighted by molar-refractivity contribution is 6.34. The van der Waals surface area contributed by atoms with Crippen molar-refractivity contribution in [2.75, 3.05) is 118 Å². The van der Waals surface area contributed by atoms with Gasteiger partial charge in [-0.2, -0.15) is 0 Å². The molecule has 5 atom stereocenters. The van der Waals surface area contributed by atoms with E-state index in [0.717, 1.165) is 121 Å². The van der Waals surface area contributed by atoms with Gasteiger partial charge in [-0.15, -0.1) is 19.7 Å². The average Bonchev–Trinajstić information content (AvgIpc) is 0.786. The molecule has 0 aliphatic carbocycles. The number of ether oxygens (including phenoxy) is 7. The van der Waals surface area contributed by atoms with Crippen molar-refractivity contribution < 1.29 is 132 Å². The Bertz CT molecular complexity index is 5230. The summed E-state index contributed by atoms with van der Waals surface area (Å²) in [4.78, 5) is 130. The maximum absolute atomic E-state index is 12.8. The molecule has 8 heterocycles. The highest BCUT2D eigenvalue weighted by atomic mass is 35.5. The van der Waals surface area contributed by atoms with E-state index in [9.17, 15) is 79.2 Å². The number of allylic oxidation sites excluding steroid dienone is 6. The number of aromatic hydroxyl groups is 8. The van der Waals surface area contributed by atoms with E-state index >= 15 is 0 Å². The Hall–Kier alpha value is -13.5. The summed E-state index contributed by atoms with van der Waals surface area (Å²) in [6, 6.07) is 6.96. The first-order valence-electron chi connectivity index (χ1n) is 48.8. The summed E-state index contributed by atoms with van der Waals surface area (Å²) in [5.41, 5.74) is 2.00. The van der Waals surface area contributed by atoms with Gasteiger partial charge in [0.15, 0.2) is 26.4 Å². The van der Waals surface area contributed by atoms with Gasteiger partial charge in [0.2, 0.25) is 0 Å². The molecule has 8 aliphatic heterocycles. The topological polar surface area (TPSA) is 462 Å². The van der Waals surface area contributed by atoms with Crippen molar-refractivity contribution in [2.24, 2.45) is 26.5 Å². The molecule has 12 rings (SSSR count). The smallest absolute Gasteiger partial charge is 0.342 e. The van der Waals surface area contributed by atoms with Crippen molar-refractivity contribution in [3.05, 3.63) is 226 Å². The first-order chi connectivity index (χ1) is 69.6. The SMILES string of the molecule is C.C=CCOC1/C=C/CCOC(=O)c2c(O)cc(O)c(Cl)c2CC(=N/OCC(=O)N2CCCCC2)/C=C/C1.C=CCOC1/C=C/CCOC(=O)c2c(O)cc(O)c(Cl)c2CC(=N\OCC(=O)N2CCCCC2)/C=C/C1.C=CCOC1/C=C/CCOC(=O)c2c(O)cc(O)cc2CC(=N\OCC(=O)N2CCCCC2)/C=C/C1.CC1/C=C/C[C@@H](C)OC(=O)c2c(O)cc(O)cc2CC(=N/OCC(=O)N2CCCCC2)/C=C/C1. The average molecular weight is 2050 g/mol. The molecule has 4 unspecified atom stereocenters. The van der Waals surface area contributed by atoms with Gasteiger partial charge in [0.05, 0.1) is 90.8 Å². The fraction of sp³-hybridized carbons (Fsp3) is 0.463. The second-order valence-corrected chi connectivity index (χ2v) is 35.8. The molecule has 0 saturated carbocycles. The fourth-order valence-corrected chi connectivity index (χ4v) is 16.6. The van der Waals surface area contributed by atoms with Gasteiger partial charge in [0.25, 0.3) is 23.6 Å². The standard InChI is InChI=1S/2C27H33ClN2O7.C27H34N2O7.C26H34N2O6.CH4/c2*1-2-14-35-20-10-4-7-15-36-27(34)25-21(26(28)23(32)17-22(25)31)16-19(9-8-11-20)29-37-18-24(33)30-12-5-3-6-13-30;1-2-14-34-23-10-4-7-15-35-27(33)26-20(17-22(30)18-24(26)31)16-21(9-8-11-23)28-36-19-25(32)29-12-5-3-6-13-29;1-18-8-6-10-19(2)34-26(32)25-20(15-22(29)16-23(25)30)14-21(11-7-9-18)27-33-17-24(31)28-12-4-3-5-13-28;/h2*2,4,8-10,17,20,31-32H,1,3,5-7,11-16,18H2;2,4,8-10,17-18,23,30-31H,1,3,5-7,11-16,19H2;6-8,11,15-16,18-19,29-30H,3-5,9-10,12-14,17H2,1-2H3;1H4/b9-8+,10-4+,29-19+;9-8+,10-4+,29-19-;9-8+,10-4+,28-21-;8-6+,11-7+,27-21+;/t;;;18?,19-;/m...1./s1. The normalized spacial score (nSPS) is 22.5. The summed E-state index contributed by atoms with van der Waals surface area (Å²) in [5.74, 6) is -6.11. The van der Waals surface area contributed by atoms with Gasteiger partial charge in [-0.25, -0.2) is 19.2 Å². The summed E-state index contributed by atoms with van der Waals surface area (Å²) in [6.45, 7) is 21.1. The Morgan fingerprint density at radius 2 is 0.669 bits per heavy atom. The number of nitrogens with zero attached hydrogens (tertiary/aromatic N) is 8. The van der Waals surface area contributed by atoms with Crippen molar-refractivity contribution in [3.8, 4) is 46.0 Å². The third-order valence-electron chi connectivity index (χ3n) is 23.6. The number of cyclic esters (lactones) is 4. The Kier molecular flexibility index (Phi) is 51.2. The lowest BCUT2D eigenvalue weighted by Crippen LogP contribution is -2.37. The van der Waals surface area contributed by atoms with E-state index < -0.39 is 46.9 Å². The maximum atomic E-state index is 12.8. The number of benzene rings is 4. The van der Waals surface area contributed by atoms with Gasteiger partial charge in [0, 0.05) is 109 Å². The Morgan fingerprint density at radius 3 is 0.993 bits per heavy atom. The van der Waals surface area contributed by atoms with Crippen molar-refractivity contribution >= 4 is 93.6 Å². The Labute approximate surface area is 857 Å². The lowest BCUT2D eigenvalue weighted by molar-refractivity contribution is -0.137. The second kappa shape index (κ2) is 63.6. The van der Waals surface area contributed by atoms with Crippen LogP contribution in [0.4, 0.5) is 0 Å². The zero-order valence-electron chi connectivity index (χ0n) is 81.8. The predicted octanol–water partition coefficient (Wildman–Crippen LogP) is 17.0. The predicted molar refractivity (Wildman–Crippen MR) is 551 cm³/mol. The third-order valence-corrected chi connectivity index (χ3v) is 24.4. The number of carbonyl (C=O) groups is 8. The molecule has 0 aromatic heterocycles. The second-order valence-electron chi connectivity index (χ2n) is 35.0. The zero-order chi connectivity index (χ0) is 103. The largest absolute Gasteiger partial charge is 0.508 e. The van der Waals surface area contributed by atoms with Crippen LogP contribution in [-0.4, -0.2) is 274 Å². The van der Waals surface area contributed by atoms with Crippen LogP contribution in [0.1, 0.15) is 213 Å². The van der Waals surface area contributed by atoms with E-state index in [4.69, 9.17) is 75.7 Å². The molecule has 4 saturated heterocycles. The molecule has 0 spiro atoms. The van der Waals surface area contributed by atoms with Crippen LogP contribution in [0.5, 0.6) is 46.0 Å². The number of piperidine rings is 4. The van der Waals surface area contributed by atoms with Crippen molar-refractivity contribution in [2.45, 2.75) is 200 Å². The molecule has 8 N–H and O–H groups in total. The van der Waals surface area contributed by atoms with Crippen molar-refractivity contribution in [3.63, 3.8) is 0 Å². The molecule has 0 bridgehead atoms. The fourth-order valence-electron chi connectivity index (χ4n) is 16.2. The molecule has 35 nitrogen and oxygen atoms in total. The molecule has 786 valence electrons. The van der Waals surface area contributed by atoms with Crippen LogP contribution in [0.3, 0.4) is 0 Å². The summed E-state index contributed by atoms with van der Waals surface area (Å²) < 4.78 is 38.8. The van der Waals surface area contributed by atoms with Crippen LogP contribution in [-0.2, 0) is 97.4 Å². The molecule has 4 aromatic rings.